The third-order valence-electron chi connectivity index (χ3n) is 5.05. The number of nitrogens with two attached hydrogens (primary N) is 1. The fourth-order valence-corrected chi connectivity index (χ4v) is 4.26. The van der Waals surface area contributed by atoms with Crippen LogP contribution in [0.1, 0.15) is 57.1 Å². The van der Waals surface area contributed by atoms with Crippen LogP contribution in [0.2, 0.25) is 5.02 Å². The molecule has 0 bridgehead atoms. The third kappa shape index (κ3) is 2.68. The van der Waals surface area contributed by atoms with E-state index in [4.69, 9.17) is 17.3 Å². The van der Waals surface area contributed by atoms with Crippen molar-refractivity contribution in [3.05, 3.63) is 28.8 Å². The first-order valence-corrected chi connectivity index (χ1v) is 8.36. The van der Waals surface area contributed by atoms with Crippen LogP contribution in [0.25, 0.3) is 0 Å². The lowest BCUT2D eigenvalue weighted by Crippen LogP contribution is -2.47. The Morgan fingerprint density at radius 1 is 1.20 bits per heavy atom. The van der Waals surface area contributed by atoms with Crippen molar-refractivity contribution in [2.75, 3.05) is 11.4 Å². The van der Waals surface area contributed by atoms with Crippen molar-refractivity contribution in [2.24, 2.45) is 11.7 Å². The van der Waals surface area contributed by atoms with Gasteiger partial charge in [-0.25, -0.2) is 0 Å². The maximum absolute atomic E-state index is 6.54. The zero-order valence-electron chi connectivity index (χ0n) is 12.3. The molecule has 3 heteroatoms. The summed E-state index contributed by atoms with van der Waals surface area (Å²) in [4.78, 5) is 2.57. The Morgan fingerprint density at radius 3 is 2.70 bits per heavy atom. The molecule has 0 spiro atoms. The van der Waals surface area contributed by atoms with Crippen LogP contribution in [0.5, 0.6) is 0 Å². The molecule has 20 heavy (non-hydrogen) atoms. The topological polar surface area (TPSA) is 29.3 Å². The molecule has 2 N–H and O–H groups in total. The van der Waals surface area contributed by atoms with Gasteiger partial charge in [0.05, 0.1) is 10.7 Å². The first kappa shape index (κ1) is 14.2. The molecule has 110 valence electrons. The molecule has 2 fully saturated rings. The summed E-state index contributed by atoms with van der Waals surface area (Å²) in [6.45, 7) is 3.15. The monoisotopic (exact) mass is 292 g/mol. The molecule has 3 atom stereocenters. The average Bonchev–Trinajstić information content (AvgIpc) is 2.46. The van der Waals surface area contributed by atoms with Gasteiger partial charge in [-0.2, -0.15) is 0 Å². The number of hydrogen-bond acceptors (Lipinski definition) is 2. The fraction of sp³-hybridized carbons (Fsp3) is 0.647. The van der Waals surface area contributed by atoms with Gasteiger partial charge in [-0.1, -0.05) is 30.5 Å². The molecule has 1 aliphatic heterocycles. The zero-order valence-corrected chi connectivity index (χ0v) is 13.1. The summed E-state index contributed by atoms with van der Waals surface area (Å²) in [6.07, 6.45) is 8.20. The minimum absolute atomic E-state index is 0.0466. The van der Waals surface area contributed by atoms with Crippen LogP contribution in [-0.2, 0) is 0 Å². The molecule has 2 aliphatic rings. The summed E-state index contributed by atoms with van der Waals surface area (Å²) in [5, 5.41) is 0.867. The second-order valence-corrected chi connectivity index (χ2v) is 6.85. The summed E-state index contributed by atoms with van der Waals surface area (Å²) < 4.78 is 0. The first-order chi connectivity index (χ1) is 9.66. The second-order valence-electron chi connectivity index (χ2n) is 6.45. The molecule has 1 aromatic rings. The van der Waals surface area contributed by atoms with E-state index in [2.05, 4.69) is 17.0 Å². The van der Waals surface area contributed by atoms with Crippen molar-refractivity contribution in [2.45, 2.75) is 57.5 Å². The van der Waals surface area contributed by atoms with Crippen LogP contribution < -0.4 is 10.6 Å². The maximum atomic E-state index is 6.54. The van der Waals surface area contributed by atoms with E-state index < -0.39 is 0 Å². The van der Waals surface area contributed by atoms with Gasteiger partial charge in [0.25, 0.3) is 0 Å². The largest absolute Gasteiger partial charge is 0.367 e. The standard InChI is InChI=1S/C17H25ClN2/c1-12(19)14-8-9-17(15(18)11-14)20-10-4-6-13-5-2-3-7-16(13)20/h8-9,11-13,16H,2-7,10,19H2,1H3/t12-,13?,16?/m1/s1. The Bertz CT molecular complexity index is 470. The van der Waals surface area contributed by atoms with Crippen LogP contribution in [-0.4, -0.2) is 12.6 Å². The van der Waals surface area contributed by atoms with Gasteiger partial charge in [-0.15, -0.1) is 0 Å². The predicted octanol–water partition coefficient (Wildman–Crippen LogP) is 4.52. The summed E-state index contributed by atoms with van der Waals surface area (Å²) in [7, 11) is 0. The fourth-order valence-electron chi connectivity index (χ4n) is 3.96. The van der Waals surface area contributed by atoms with Crippen molar-refractivity contribution < 1.29 is 0 Å². The highest BCUT2D eigenvalue weighted by Crippen LogP contribution is 2.40. The van der Waals surface area contributed by atoms with E-state index in [1.54, 1.807) is 0 Å². The van der Waals surface area contributed by atoms with Crippen molar-refractivity contribution >= 4 is 17.3 Å². The number of rotatable bonds is 2. The third-order valence-corrected chi connectivity index (χ3v) is 5.35. The zero-order chi connectivity index (χ0) is 14.1. The number of hydrogen-bond donors (Lipinski definition) is 1. The Morgan fingerprint density at radius 2 is 1.95 bits per heavy atom. The molecule has 1 saturated carbocycles. The van der Waals surface area contributed by atoms with Gasteiger partial charge in [0.1, 0.15) is 0 Å². The van der Waals surface area contributed by atoms with Gasteiger partial charge in [0.2, 0.25) is 0 Å². The van der Waals surface area contributed by atoms with Gasteiger partial charge in [0, 0.05) is 18.6 Å². The summed E-state index contributed by atoms with van der Waals surface area (Å²) in [5.41, 5.74) is 8.28. The average molecular weight is 293 g/mol. The van der Waals surface area contributed by atoms with Gasteiger partial charge < -0.3 is 10.6 Å². The molecular formula is C17H25ClN2. The molecule has 1 heterocycles. The molecule has 2 nitrogen and oxygen atoms in total. The molecule has 3 rings (SSSR count). The quantitative estimate of drug-likeness (QED) is 0.868. The SMILES string of the molecule is C[C@@H](N)c1ccc(N2CCCC3CCCCC32)c(Cl)c1. The normalized spacial score (nSPS) is 28.1. The van der Waals surface area contributed by atoms with Crippen LogP contribution in [0.3, 0.4) is 0 Å². The minimum atomic E-state index is 0.0466. The smallest absolute Gasteiger partial charge is 0.0642 e. The number of nitrogens with zero attached hydrogens (tertiary/aromatic N) is 1. The lowest BCUT2D eigenvalue weighted by atomic mass is 9.78. The highest BCUT2D eigenvalue weighted by atomic mass is 35.5. The van der Waals surface area contributed by atoms with E-state index in [1.165, 1.54) is 44.2 Å². The summed E-state index contributed by atoms with van der Waals surface area (Å²) >= 11 is 6.54. The van der Waals surface area contributed by atoms with Gasteiger partial charge in [-0.05, 0) is 56.2 Å². The van der Waals surface area contributed by atoms with E-state index in [1.807, 2.05) is 13.0 Å². The van der Waals surface area contributed by atoms with Crippen molar-refractivity contribution in [3.8, 4) is 0 Å². The number of piperidine rings is 1. The highest BCUT2D eigenvalue weighted by molar-refractivity contribution is 6.33. The molecule has 1 aromatic carbocycles. The summed E-state index contributed by atoms with van der Waals surface area (Å²) in [5.74, 6) is 0.877. The number of halogens is 1. The van der Waals surface area contributed by atoms with Crippen LogP contribution >= 0.6 is 11.6 Å². The van der Waals surface area contributed by atoms with Crippen molar-refractivity contribution in [3.63, 3.8) is 0 Å². The Kier molecular flexibility index (Phi) is 4.23. The molecule has 0 amide bonds. The summed E-state index contributed by atoms with van der Waals surface area (Å²) in [6, 6.07) is 7.12. The lowest BCUT2D eigenvalue weighted by Gasteiger charge is -2.45. The number of benzene rings is 1. The second kappa shape index (κ2) is 5.95. The van der Waals surface area contributed by atoms with Crippen LogP contribution in [0.4, 0.5) is 5.69 Å². The number of fused-ring (bicyclic) bond motifs is 1. The Balaban J connectivity index is 1.87. The molecule has 1 saturated heterocycles. The van der Waals surface area contributed by atoms with E-state index in [9.17, 15) is 0 Å². The van der Waals surface area contributed by atoms with Gasteiger partial charge in [-0.3, -0.25) is 0 Å². The molecular weight excluding hydrogens is 268 g/mol. The minimum Gasteiger partial charge on any atom is -0.367 e. The van der Waals surface area contributed by atoms with Gasteiger partial charge in [0.15, 0.2) is 0 Å². The maximum Gasteiger partial charge on any atom is 0.0642 e. The van der Waals surface area contributed by atoms with E-state index >= 15 is 0 Å². The number of anilines is 1. The van der Waals surface area contributed by atoms with Crippen molar-refractivity contribution in [1.82, 2.24) is 0 Å². The molecule has 0 radical (unpaired) electrons. The Hall–Kier alpha value is -0.730. The molecule has 0 aromatic heterocycles. The first-order valence-electron chi connectivity index (χ1n) is 7.98. The van der Waals surface area contributed by atoms with Crippen LogP contribution in [0, 0.1) is 5.92 Å². The van der Waals surface area contributed by atoms with Crippen molar-refractivity contribution in [1.29, 1.82) is 0 Å². The van der Waals surface area contributed by atoms with Gasteiger partial charge >= 0.3 is 0 Å². The molecule has 2 unspecified atom stereocenters. The van der Waals surface area contributed by atoms with E-state index in [0.29, 0.717) is 6.04 Å². The molecule has 1 aliphatic carbocycles. The van der Waals surface area contributed by atoms with Crippen LogP contribution in [0.15, 0.2) is 18.2 Å². The van der Waals surface area contributed by atoms with E-state index in [0.717, 1.165) is 23.0 Å². The Labute approximate surface area is 127 Å². The lowest BCUT2D eigenvalue weighted by molar-refractivity contribution is 0.244. The highest BCUT2D eigenvalue weighted by Gasteiger charge is 2.33. The van der Waals surface area contributed by atoms with E-state index in [-0.39, 0.29) is 6.04 Å². The predicted molar refractivity (Wildman–Crippen MR) is 86.4 cm³/mol.